The van der Waals surface area contributed by atoms with E-state index in [0.717, 1.165) is 13.2 Å². The molecule has 0 saturated carbocycles. The molecule has 0 N–H and O–H groups in total. The number of hydrogen-bond donors (Lipinski definition) is 0. The minimum Gasteiger partial charge on any atom is -0.377 e. The van der Waals surface area contributed by atoms with Gasteiger partial charge < -0.3 is 4.74 Å². The average molecular weight is 126 g/mol. The normalized spacial score (nSPS) is 29.1. The molecule has 52 valence electrons. The summed E-state index contributed by atoms with van der Waals surface area (Å²) in [4.78, 5) is 0. The van der Waals surface area contributed by atoms with E-state index in [1.807, 2.05) is 0 Å². The summed E-state index contributed by atoms with van der Waals surface area (Å²) in [6.07, 6.45) is 3.46. The van der Waals surface area contributed by atoms with Crippen molar-refractivity contribution in [1.82, 2.24) is 0 Å². The highest BCUT2D eigenvalue weighted by Gasteiger charge is 2.04. The highest BCUT2D eigenvalue weighted by molar-refractivity contribution is 5.00. The number of rotatable bonds is 0. The lowest BCUT2D eigenvalue weighted by Crippen LogP contribution is -2.02. The van der Waals surface area contributed by atoms with Crippen LogP contribution in [0.15, 0.2) is 11.6 Å². The molecule has 1 nitrogen and oxygen atoms in total. The Morgan fingerprint density at radius 1 is 1.67 bits per heavy atom. The minimum absolute atomic E-state index is 0.711. The molecular weight excluding hydrogens is 112 g/mol. The van der Waals surface area contributed by atoms with Gasteiger partial charge >= 0.3 is 0 Å². The molecule has 1 aliphatic heterocycles. The molecule has 0 aromatic heterocycles. The Morgan fingerprint density at radius 3 is 3.22 bits per heavy atom. The molecule has 1 rings (SSSR count). The molecule has 0 spiro atoms. The second-order valence-corrected chi connectivity index (χ2v) is 2.91. The van der Waals surface area contributed by atoms with E-state index in [1.54, 1.807) is 0 Å². The summed E-state index contributed by atoms with van der Waals surface area (Å²) in [6, 6.07) is 0. The van der Waals surface area contributed by atoms with Gasteiger partial charge in [-0.1, -0.05) is 18.6 Å². The third kappa shape index (κ3) is 2.19. The van der Waals surface area contributed by atoms with Crippen molar-refractivity contribution in [3.8, 4) is 0 Å². The summed E-state index contributed by atoms with van der Waals surface area (Å²) in [5.41, 5.74) is 1.37. The first kappa shape index (κ1) is 6.81. The lowest BCUT2D eigenvalue weighted by Gasteiger charge is -2.03. The van der Waals surface area contributed by atoms with Gasteiger partial charge in [0.2, 0.25) is 0 Å². The molecule has 1 aliphatic rings. The van der Waals surface area contributed by atoms with Crippen molar-refractivity contribution >= 4 is 0 Å². The molecule has 0 aromatic rings. The van der Waals surface area contributed by atoms with E-state index in [9.17, 15) is 0 Å². The van der Waals surface area contributed by atoms with Crippen LogP contribution in [0.2, 0.25) is 0 Å². The zero-order chi connectivity index (χ0) is 6.69. The quantitative estimate of drug-likeness (QED) is 0.451. The van der Waals surface area contributed by atoms with Gasteiger partial charge in [0.15, 0.2) is 0 Å². The fraction of sp³-hybridized carbons (Fsp3) is 0.750. The zero-order valence-corrected chi connectivity index (χ0v) is 6.18. The fourth-order valence-corrected chi connectivity index (χ4v) is 0.950. The van der Waals surface area contributed by atoms with E-state index in [2.05, 4.69) is 19.9 Å². The molecule has 0 fully saturated rings. The smallest absolute Gasteiger partial charge is 0.0674 e. The number of ether oxygens (including phenoxy) is 1. The van der Waals surface area contributed by atoms with E-state index < -0.39 is 0 Å². The Labute approximate surface area is 56.7 Å². The Bertz CT molecular complexity index is 116. The van der Waals surface area contributed by atoms with E-state index in [1.165, 1.54) is 12.0 Å². The second-order valence-electron chi connectivity index (χ2n) is 2.91. The second kappa shape index (κ2) is 3.02. The summed E-state index contributed by atoms with van der Waals surface area (Å²) in [7, 11) is 0. The summed E-state index contributed by atoms with van der Waals surface area (Å²) in [5.74, 6) is 0.711. The van der Waals surface area contributed by atoms with Crippen LogP contribution in [0, 0.1) is 5.92 Å². The monoisotopic (exact) mass is 126 g/mol. The highest BCUT2D eigenvalue weighted by atomic mass is 16.5. The van der Waals surface area contributed by atoms with Crippen LogP contribution < -0.4 is 0 Å². The van der Waals surface area contributed by atoms with Crippen molar-refractivity contribution in [3.63, 3.8) is 0 Å². The average Bonchev–Trinajstić information content (AvgIpc) is 1.97. The van der Waals surface area contributed by atoms with Crippen LogP contribution in [-0.4, -0.2) is 13.2 Å². The van der Waals surface area contributed by atoms with Crippen LogP contribution in [-0.2, 0) is 4.74 Å². The number of hydrogen-bond acceptors (Lipinski definition) is 1. The van der Waals surface area contributed by atoms with Gasteiger partial charge in [0.25, 0.3) is 0 Å². The van der Waals surface area contributed by atoms with Crippen molar-refractivity contribution in [1.29, 1.82) is 0 Å². The van der Waals surface area contributed by atoms with E-state index in [-0.39, 0.29) is 0 Å². The third-order valence-corrected chi connectivity index (χ3v) is 1.60. The lowest BCUT2D eigenvalue weighted by atomic mass is 10.1. The molecule has 1 atom stereocenters. The summed E-state index contributed by atoms with van der Waals surface area (Å²) >= 11 is 0. The van der Waals surface area contributed by atoms with Crippen molar-refractivity contribution in [2.75, 3.05) is 13.2 Å². The Hall–Kier alpha value is -0.300. The van der Waals surface area contributed by atoms with Gasteiger partial charge in [-0.25, -0.2) is 0 Å². The van der Waals surface area contributed by atoms with Gasteiger partial charge in [-0.3, -0.25) is 0 Å². The van der Waals surface area contributed by atoms with E-state index in [0.29, 0.717) is 5.92 Å². The predicted molar refractivity (Wildman–Crippen MR) is 38.4 cm³/mol. The molecule has 1 heteroatoms. The maximum Gasteiger partial charge on any atom is 0.0674 e. The van der Waals surface area contributed by atoms with Gasteiger partial charge in [-0.2, -0.15) is 0 Å². The molecule has 0 aliphatic carbocycles. The van der Waals surface area contributed by atoms with Gasteiger partial charge in [0, 0.05) is 6.61 Å². The predicted octanol–water partition coefficient (Wildman–Crippen LogP) is 1.99. The van der Waals surface area contributed by atoms with Crippen LogP contribution in [0.5, 0.6) is 0 Å². The molecule has 0 radical (unpaired) electrons. The van der Waals surface area contributed by atoms with Gasteiger partial charge in [0.1, 0.15) is 0 Å². The lowest BCUT2D eigenvalue weighted by molar-refractivity contribution is 0.131. The van der Waals surface area contributed by atoms with Crippen LogP contribution in [0.3, 0.4) is 0 Å². The maximum absolute atomic E-state index is 5.35. The van der Waals surface area contributed by atoms with E-state index >= 15 is 0 Å². The zero-order valence-electron chi connectivity index (χ0n) is 6.18. The SMILES string of the molecule is CC1=CC[C@@H](C)COC1. The van der Waals surface area contributed by atoms with Gasteiger partial charge in [-0.05, 0) is 19.3 Å². The highest BCUT2D eigenvalue weighted by Crippen LogP contribution is 2.10. The largest absolute Gasteiger partial charge is 0.377 e. The molecule has 1 heterocycles. The van der Waals surface area contributed by atoms with Crippen molar-refractivity contribution < 1.29 is 4.74 Å². The van der Waals surface area contributed by atoms with Crippen LogP contribution in [0.1, 0.15) is 20.3 Å². The first-order chi connectivity index (χ1) is 4.29. The molecule has 0 amide bonds. The molecule has 0 saturated heterocycles. The Kier molecular flexibility index (Phi) is 2.29. The van der Waals surface area contributed by atoms with Crippen LogP contribution >= 0.6 is 0 Å². The molecule has 9 heavy (non-hydrogen) atoms. The molecule has 0 aromatic carbocycles. The third-order valence-electron chi connectivity index (χ3n) is 1.60. The summed E-state index contributed by atoms with van der Waals surface area (Å²) in [5, 5.41) is 0. The van der Waals surface area contributed by atoms with Gasteiger partial charge in [0.05, 0.1) is 6.61 Å². The minimum atomic E-state index is 0.711. The first-order valence-electron chi connectivity index (χ1n) is 3.52. The van der Waals surface area contributed by atoms with Crippen molar-refractivity contribution in [2.24, 2.45) is 5.92 Å². The standard InChI is InChI=1S/C8H14O/c1-7-3-4-8(2)6-9-5-7/h3,8H,4-6H2,1-2H3/t8-/m1/s1. The fourth-order valence-electron chi connectivity index (χ4n) is 0.950. The summed E-state index contributed by atoms with van der Waals surface area (Å²) < 4.78 is 5.35. The van der Waals surface area contributed by atoms with Crippen LogP contribution in [0.25, 0.3) is 0 Å². The van der Waals surface area contributed by atoms with Crippen LogP contribution in [0.4, 0.5) is 0 Å². The molecule has 0 unspecified atom stereocenters. The Balaban J connectivity index is 2.42. The summed E-state index contributed by atoms with van der Waals surface area (Å²) in [6.45, 7) is 6.10. The number of allylic oxidation sites excluding steroid dienone is 1. The first-order valence-corrected chi connectivity index (χ1v) is 3.52. The van der Waals surface area contributed by atoms with Crippen molar-refractivity contribution in [3.05, 3.63) is 11.6 Å². The van der Waals surface area contributed by atoms with Gasteiger partial charge in [-0.15, -0.1) is 0 Å². The molecular formula is C8H14O. The molecule has 0 bridgehead atoms. The topological polar surface area (TPSA) is 9.23 Å². The Morgan fingerprint density at radius 2 is 2.44 bits per heavy atom. The maximum atomic E-state index is 5.35. The van der Waals surface area contributed by atoms with Crippen molar-refractivity contribution in [2.45, 2.75) is 20.3 Å². The van der Waals surface area contributed by atoms with E-state index in [4.69, 9.17) is 4.74 Å².